The van der Waals surface area contributed by atoms with Crippen LogP contribution < -0.4 is 10.6 Å². The number of benzene rings is 2. The SMILES string of the molecule is Cc1cc(Br)ccc1NC(=S)Nc1cc(Cl)ccc1C. The van der Waals surface area contributed by atoms with Crippen molar-refractivity contribution in [1.82, 2.24) is 0 Å². The molecule has 0 aliphatic carbocycles. The van der Waals surface area contributed by atoms with E-state index in [1.807, 2.05) is 50.2 Å². The summed E-state index contributed by atoms with van der Waals surface area (Å²) in [6.45, 7) is 4.03. The molecule has 2 N–H and O–H groups in total. The highest BCUT2D eigenvalue weighted by Gasteiger charge is 2.04. The summed E-state index contributed by atoms with van der Waals surface area (Å²) in [4.78, 5) is 0. The fourth-order valence-corrected chi connectivity index (χ4v) is 2.64. The quantitative estimate of drug-likeness (QED) is 0.681. The highest BCUT2D eigenvalue weighted by atomic mass is 79.9. The first-order valence-electron chi connectivity index (χ1n) is 6.06. The molecule has 20 heavy (non-hydrogen) atoms. The second-order valence-corrected chi connectivity index (χ2v) is 6.26. The molecule has 0 aliphatic rings. The molecule has 2 aromatic rings. The van der Waals surface area contributed by atoms with Crippen molar-refractivity contribution >= 4 is 56.2 Å². The van der Waals surface area contributed by atoms with E-state index >= 15 is 0 Å². The predicted molar refractivity (Wildman–Crippen MR) is 94.9 cm³/mol. The molecular formula is C15H14BrClN2S. The fraction of sp³-hybridized carbons (Fsp3) is 0.133. The van der Waals surface area contributed by atoms with Crippen LogP contribution in [0.4, 0.5) is 11.4 Å². The average molecular weight is 370 g/mol. The molecule has 0 aliphatic heterocycles. The van der Waals surface area contributed by atoms with E-state index in [1.165, 1.54) is 0 Å². The molecular weight excluding hydrogens is 356 g/mol. The van der Waals surface area contributed by atoms with E-state index in [0.29, 0.717) is 10.1 Å². The van der Waals surface area contributed by atoms with E-state index in [4.69, 9.17) is 23.8 Å². The number of thiocarbonyl (C=S) groups is 1. The number of hydrogen-bond donors (Lipinski definition) is 2. The summed E-state index contributed by atoms with van der Waals surface area (Å²) < 4.78 is 1.05. The highest BCUT2D eigenvalue weighted by molar-refractivity contribution is 9.10. The van der Waals surface area contributed by atoms with Gasteiger partial charge in [0.15, 0.2) is 5.11 Å². The number of hydrogen-bond acceptors (Lipinski definition) is 1. The summed E-state index contributed by atoms with van der Waals surface area (Å²) >= 11 is 14.8. The van der Waals surface area contributed by atoms with Gasteiger partial charge in [-0.3, -0.25) is 0 Å². The van der Waals surface area contributed by atoms with Crippen LogP contribution >= 0.6 is 39.7 Å². The molecule has 2 rings (SSSR count). The van der Waals surface area contributed by atoms with Crippen LogP contribution in [0.1, 0.15) is 11.1 Å². The minimum atomic E-state index is 0.542. The van der Waals surface area contributed by atoms with Crippen molar-refractivity contribution in [2.45, 2.75) is 13.8 Å². The molecule has 104 valence electrons. The molecule has 0 unspecified atom stereocenters. The van der Waals surface area contributed by atoms with Gasteiger partial charge in [-0.2, -0.15) is 0 Å². The standard InChI is InChI=1S/C15H14BrClN2S/c1-9-3-5-12(17)8-14(9)19-15(20)18-13-6-4-11(16)7-10(13)2/h3-8H,1-2H3,(H2,18,19,20). The van der Waals surface area contributed by atoms with Gasteiger partial charge in [0.25, 0.3) is 0 Å². The molecule has 2 aromatic carbocycles. The smallest absolute Gasteiger partial charge is 0.175 e. The lowest BCUT2D eigenvalue weighted by molar-refractivity contribution is 1.43. The summed E-state index contributed by atoms with van der Waals surface area (Å²) in [7, 11) is 0. The van der Waals surface area contributed by atoms with E-state index in [2.05, 4.69) is 26.6 Å². The van der Waals surface area contributed by atoms with Crippen LogP contribution in [0.5, 0.6) is 0 Å². The van der Waals surface area contributed by atoms with E-state index in [0.717, 1.165) is 27.0 Å². The minimum Gasteiger partial charge on any atom is -0.332 e. The molecule has 5 heteroatoms. The summed E-state index contributed by atoms with van der Waals surface area (Å²) in [5, 5.41) is 7.58. The first kappa shape index (κ1) is 15.3. The molecule has 0 atom stereocenters. The maximum absolute atomic E-state index is 5.99. The Kier molecular flexibility index (Phi) is 5.02. The molecule has 0 aromatic heterocycles. The van der Waals surface area contributed by atoms with Crippen molar-refractivity contribution in [3.63, 3.8) is 0 Å². The van der Waals surface area contributed by atoms with Gasteiger partial charge in [0.2, 0.25) is 0 Å². The van der Waals surface area contributed by atoms with Crippen molar-refractivity contribution in [2.75, 3.05) is 10.6 Å². The fourth-order valence-electron chi connectivity index (χ4n) is 1.77. The van der Waals surface area contributed by atoms with Gasteiger partial charge < -0.3 is 10.6 Å². The number of rotatable bonds is 2. The molecule has 0 saturated carbocycles. The van der Waals surface area contributed by atoms with Crippen LogP contribution in [-0.2, 0) is 0 Å². The Balaban J connectivity index is 2.11. The number of nitrogens with one attached hydrogen (secondary N) is 2. The predicted octanol–water partition coefficient (Wildman–Crippen LogP) is 5.53. The van der Waals surface area contributed by atoms with Crippen LogP contribution in [0.25, 0.3) is 0 Å². The molecule has 0 heterocycles. The lowest BCUT2D eigenvalue weighted by atomic mass is 10.2. The molecule has 0 amide bonds. The lowest BCUT2D eigenvalue weighted by Crippen LogP contribution is -2.20. The average Bonchev–Trinajstić information content (AvgIpc) is 2.37. The van der Waals surface area contributed by atoms with E-state index in [-0.39, 0.29) is 0 Å². The van der Waals surface area contributed by atoms with Gasteiger partial charge in [-0.1, -0.05) is 33.6 Å². The van der Waals surface area contributed by atoms with Gasteiger partial charge in [0.05, 0.1) is 0 Å². The second-order valence-electron chi connectivity index (χ2n) is 4.50. The number of anilines is 2. The summed E-state index contributed by atoms with van der Waals surface area (Å²) in [6, 6.07) is 11.7. The van der Waals surface area contributed by atoms with Crippen molar-refractivity contribution < 1.29 is 0 Å². The molecule has 0 fully saturated rings. The molecule has 0 radical (unpaired) electrons. The van der Waals surface area contributed by atoms with Crippen molar-refractivity contribution in [1.29, 1.82) is 0 Å². The van der Waals surface area contributed by atoms with Crippen molar-refractivity contribution in [3.8, 4) is 0 Å². The normalized spacial score (nSPS) is 10.2. The third-order valence-corrected chi connectivity index (χ3v) is 3.82. The topological polar surface area (TPSA) is 24.1 Å². The Hall–Kier alpha value is -1.10. The zero-order chi connectivity index (χ0) is 14.7. The Labute approximate surface area is 137 Å². The van der Waals surface area contributed by atoms with Crippen molar-refractivity contribution in [2.24, 2.45) is 0 Å². The largest absolute Gasteiger partial charge is 0.332 e. The molecule has 0 saturated heterocycles. The second kappa shape index (κ2) is 6.57. The maximum atomic E-state index is 5.99. The van der Waals surface area contributed by atoms with Crippen LogP contribution in [0.15, 0.2) is 40.9 Å². The summed E-state index contributed by atoms with van der Waals surface area (Å²) in [5.74, 6) is 0. The summed E-state index contributed by atoms with van der Waals surface area (Å²) in [6.07, 6.45) is 0. The van der Waals surface area contributed by atoms with Crippen LogP contribution in [0.3, 0.4) is 0 Å². The van der Waals surface area contributed by atoms with Crippen molar-refractivity contribution in [3.05, 3.63) is 57.0 Å². The van der Waals surface area contributed by atoms with Gasteiger partial charge in [-0.15, -0.1) is 0 Å². The van der Waals surface area contributed by atoms with Crippen LogP contribution in [0.2, 0.25) is 5.02 Å². The molecule has 2 nitrogen and oxygen atoms in total. The molecule has 0 bridgehead atoms. The first-order valence-corrected chi connectivity index (χ1v) is 7.64. The Morgan fingerprint density at radius 3 is 2.40 bits per heavy atom. The summed E-state index contributed by atoms with van der Waals surface area (Å²) in [5.41, 5.74) is 4.09. The monoisotopic (exact) mass is 368 g/mol. The maximum Gasteiger partial charge on any atom is 0.175 e. The van der Waals surface area contributed by atoms with Gasteiger partial charge in [-0.25, -0.2) is 0 Å². The van der Waals surface area contributed by atoms with Gasteiger partial charge in [0, 0.05) is 20.9 Å². The van der Waals surface area contributed by atoms with Gasteiger partial charge in [0.1, 0.15) is 0 Å². The van der Waals surface area contributed by atoms with Gasteiger partial charge >= 0.3 is 0 Å². The Morgan fingerprint density at radius 2 is 1.70 bits per heavy atom. The van der Waals surface area contributed by atoms with E-state index in [9.17, 15) is 0 Å². The number of halogens is 2. The Bertz CT molecular complexity index is 658. The minimum absolute atomic E-state index is 0.542. The van der Waals surface area contributed by atoms with E-state index in [1.54, 1.807) is 0 Å². The third kappa shape index (κ3) is 3.95. The molecule has 0 spiro atoms. The third-order valence-electron chi connectivity index (χ3n) is 2.88. The number of aryl methyl sites for hydroxylation is 2. The van der Waals surface area contributed by atoms with Crippen LogP contribution in [-0.4, -0.2) is 5.11 Å². The zero-order valence-electron chi connectivity index (χ0n) is 11.1. The first-order chi connectivity index (χ1) is 9.45. The van der Waals surface area contributed by atoms with E-state index < -0.39 is 0 Å². The van der Waals surface area contributed by atoms with Gasteiger partial charge in [-0.05, 0) is 67.5 Å². The Morgan fingerprint density at radius 1 is 1.00 bits per heavy atom. The highest BCUT2D eigenvalue weighted by Crippen LogP contribution is 2.22. The zero-order valence-corrected chi connectivity index (χ0v) is 14.3. The lowest BCUT2D eigenvalue weighted by Gasteiger charge is -2.14. The van der Waals surface area contributed by atoms with Crippen LogP contribution in [0, 0.1) is 13.8 Å².